The third-order valence-corrected chi connectivity index (χ3v) is 6.14. The number of benzene rings is 2. The van der Waals surface area contributed by atoms with Gasteiger partial charge in [-0.25, -0.2) is 4.79 Å². The first-order valence-electron chi connectivity index (χ1n) is 11.0. The van der Waals surface area contributed by atoms with Gasteiger partial charge in [-0.05, 0) is 42.0 Å². The van der Waals surface area contributed by atoms with Crippen molar-refractivity contribution in [2.24, 2.45) is 0 Å². The van der Waals surface area contributed by atoms with Crippen molar-refractivity contribution in [3.8, 4) is 0 Å². The molecule has 0 spiro atoms. The van der Waals surface area contributed by atoms with E-state index in [1.807, 2.05) is 83.9 Å². The lowest BCUT2D eigenvalue weighted by Gasteiger charge is -2.28. The maximum absolute atomic E-state index is 13.4. The molecule has 5 nitrogen and oxygen atoms in total. The molecule has 0 fully saturated rings. The van der Waals surface area contributed by atoms with Crippen LogP contribution in [0.1, 0.15) is 35.8 Å². The van der Waals surface area contributed by atoms with E-state index in [4.69, 9.17) is 0 Å². The molecule has 168 valence electrons. The van der Waals surface area contributed by atoms with E-state index >= 15 is 0 Å². The molecule has 0 atom stereocenters. The van der Waals surface area contributed by atoms with E-state index in [-0.39, 0.29) is 18.5 Å². The number of aryl methyl sites for hydroxylation is 1. The first-order valence-corrected chi connectivity index (χ1v) is 11.9. The van der Waals surface area contributed by atoms with Crippen LogP contribution in [0.2, 0.25) is 0 Å². The molecule has 0 unspecified atom stereocenters. The van der Waals surface area contributed by atoms with E-state index in [0.29, 0.717) is 19.6 Å². The minimum absolute atomic E-state index is 0.0515. The summed E-state index contributed by atoms with van der Waals surface area (Å²) in [4.78, 5) is 31.0. The minimum Gasteiger partial charge on any atom is -0.332 e. The van der Waals surface area contributed by atoms with Crippen molar-refractivity contribution in [3.63, 3.8) is 0 Å². The van der Waals surface area contributed by atoms with Gasteiger partial charge >= 0.3 is 6.03 Å². The van der Waals surface area contributed by atoms with Crippen molar-refractivity contribution in [2.75, 3.05) is 18.4 Å². The first kappa shape index (κ1) is 23.5. The van der Waals surface area contributed by atoms with Crippen LogP contribution in [0, 0.1) is 6.92 Å². The van der Waals surface area contributed by atoms with Gasteiger partial charge in [0.15, 0.2) is 0 Å². The maximum atomic E-state index is 13.4. The first-order chi connectivity index (χ1) is 15.6. The van der Waals surface area contributed by atoms with Crippen LogP contribution in [-0.2, 0) is 17.9 Å². The molecule has 1 heterocycles. The highest BCUT2D eigenvalue weighted by atomic mass is 32.1. The second kappa shape index (κ2) is 12.1. The topological polar surface area (TPSA) is 52.7 Å². The number of hydrogen-bond acceptors (Lipinski definition) is 3. The molecule has 6 heteroatoms. The van der Waals surface area contributed by atoms with E-state index in [1.54, 1.807) is 16.2 Å². The van der Waals surface area contributed by atoms with Gasteiger partial charge in [0.2, 0.25) is 5.91 Å². The van der Waals surface area contributed by atoms with Gasteiger partial charge in [0.25, 0.3) is 0 Å². The van der Waals surface area contributed by atoms with Crippen molar-refractivity contribution in [1.82, 2.24) is 9.80 Å². The summed E-state index contributed by atoms with van der Waals surface area (Å²) >= 11 is 1.63. The molecule has 3 aromatic rings. The summed E-state index contributed by atoms with van der Waals surface area (Å²) in [6, 6.07) is 21.4. The number of urea groups is 1. The fourth-order valence-electron chi connectivity index (χ4n) is 3.40. The van der Waals surface area contributed by atoms with Crippen LogP contribution < -0.4 is 5.32 Å². The van der Waals surface area contributed by atoms with E-state index in [1.165, 1.54) is 0 Å². The zero-order chi connectivity index (χ0) is 22.8. The van der Waals surface area contributed by atoms with Crippen LogP contribution in [0.15, 0.2) is 72.1 Å². The van der Waals surface area contributed by atoms with E-state index in [2.05, 4.69) is 12.2 Å². The molecule has 3 amide bonds. The fraction of sp³-hybridized carbons (Fsp3) is 0.308. The Morgan fingerprint density at radius 1 is 0.906 bits per heavy atom. The smallest absolute Gasteiger partial charge is 0.322 e. The van der Waals surface area contributed by atoms with Gasteiger partial charge in [0.05, 0.1) is 6.54 Å². The number of nitrogens with zero attached hydrogens (tertiary/aromatic N) is 2. The predicted octanol–water partition coefficient (Wildman–Crippen LogP) is 5.92. The van der Waals surface area contributed by atoms with Crippen molar-refractivity contribution in [3.05, 3.63) is 88.1 Å². The second-order valence-electron chi connectivity index (χ2n) is 7.83. The SMILES string of the molecule is CCCCN(CC(=O)N(Cc1ccccc1)Cc1cccs1)C(=O)Nc1ccccc1C. The molecule has 0 aliphatic heterocycles. The van der Waals surface area contributed by atoms with E-state index in [9.17, 15) is 9.59 Å². The number of para-hydroxylation sites is 1. The Labute approximate surface area is 194 Å². The van der Waals surface area contributed by atoms with Crippen LogP contribution in [0.25, 0.3) is 0 Å². The summed E-state index contributed by atoms with van der Waals surface area (Å²) in [7, 11) is 0. The average Bonchev–Trinajstić information content (AvgIpc) is 3.31. The van der Waals surface area contributed by atoms with Gasteiger partial charge in [0, 0.05) is 23.7 Å². The number of anilines is 1. The molecule has 0 radical (unpaired) electrons. The maximum Gasteiger partial charge on any atom is 0.322 e. The largest absolute Gasteiger partial charge is 0.332 e. The van der Waals surface area contributed by atoms with Gasteiger partial charge in [-0.15, -0.1) is 11.3 Å². The normalized spacial score (nSPS) is 10.6. The average molecular weight is 450 g/mol. The van der Waals surface area contributed by atoms with Crippen molar-refractivity contribution in [2.45, 2.75) is 39.8 Å². The number of nitrogens with one attached hydrogen (secondary N) is 1. The van der Waals surface area contributed by atoms with Gasteiger partial charge in [0.1, 0.15) is 6.54 Å². The quantitative estimate of drug-likeness (QED) is 0.418. The van der Waals surface area contributed by atoms with Crippen LogP contribution >= 0.6 is 11.3 Å². The summed E-state index contributed by atoms with van der Waals surface area (Å²) in [5.41, 5.74) is 2.83. The molecule has 1 N–H and O–H groups in total. The predicted molar refractivity (Wildman–Crippen MR) is 132 cm³/mol. The molecule has 3 rings (SSSR count). The summed E-state index contributed by atoms with van der Waals surface area (Å²) < 4.78 is 0. The van der Waals surface area contributed by atoms with Crippen LogP contribution in [0.5, 0.6) is 0 Å². The number of rotatable bonds is 10. The molecule has 1 aromatic heterocycles. The standard InChI is InChI=1S/C26H31N3O2S/c1-3-4-16-28(26(31)27-24-15-9-8-11-21(24)2)20-25(30)29(19-23-14-10-17-32-23)18-22-12-6-5-7-13-22/h5-15,17H,3-4,16,18-20H2,1-2H3,(H,27,31). The van der Waals surface area contributed by atoms with E-state index in [0.717, 1.165) is 34.5 Å². The molecule has 0 saturated heterocycles. The Hall–Kier alpha value is -3.12. The highest BCUT2D eigenvalue weighted by molar-refractivity contribution is 7.09. The van der Waals surface area contributed by atoms with Gasteiger partial charge in [-0.3, -0.25) is 4.79 Å². The molecular weight excluding hydrogens is 418 g/mol. The Morgan fingerprint density at radius 2 is 1.66 bits per heavy atom. The molecule has 0 saturated carbocycles. The summed E-state index contributed by atoms with van der Waals surface area (Å²) in [6.07, 6.45) is 1.79. The lowest BCUT2D eigenvalue weighted by molar-refractivity contribution is -0.133. The minimum atomic E-state index is -0.239. The summed E-state index contributed by atoms with van der Waals surface area (Å²) in [5, 5.41) is 4.99. The molecular formula is C26H31N3O2S. The van der Waals surface area contributed by atoms with E-state index < -0.39 is 0 Å². The van der Waals surface area contributed by atoms with Gasteiger partial charge in [-0.1, -0.05) is 67.9 Å². The lowest BCUT2D eigenvalue weighted by atomic mass is 10.2. The number of amides is 3. The lowest BCUT2D eigenvalue weighted by Crippen LogP contribution is -2.44. The van der Waals surface area contributed by atoms with Crippen molar-refractivity contribution in [1.29, 1.82) is 0 Å². The van der Waals surface area contributed by atoms with Crippen molar-refractivity contribution < 1.29 is 9.59 Å². The number of unbranched alkanes of at least 4 members (excludes halogenated alkanes) is 1. The highest BCUT2D eigenvalue weighted by Gasteiger charge is 2.22. The van der Waals surface area contributed by atoms with Crippen LogP contribution in [0.3, 0.4) is 0 Å². The number of hydrogen-bond donors (Lipinski definition) is 1. The Bertz CT molecular complexity index is 989. The summed E-state index contributed by atoms with van der Waals surface area (Å²) in [6.45, 7) is 5.68. The molecule has 0 aliphatic carbocycles. The Kier molecular flexibility index (Phi) is 8.87. The Balaban J connectivity index is 1.74. The van der Waals surface area contributed by atoms with Crippen LogP contribution in [-0.4, -0.2) is 34.8 Å². The van der Waals surface area contributed by atoms with Gasteiger partial charge in [-0.2, -0.15) is 0 Å². The monoisotopic (exact) mass is 449 g/mol. The number of thiophene rings is 1. The fourth-order valence-corrected chi connectivity index (χ4v) is 4.12. The Morgan fingerprint density at radius 3 is 2.34 bits per heavy atom. The number of carbonyl (C=O) groups is 2. The van der Waals surface area contributed by atoms with Crippen LogP contribution in [0.4, 0.5) is 10.5 Å². The zero-order valence-electron chi connectivity index (χ0n) is 18.8. The molecule has 32 heavy (non-hydrogen) atoms. The summed E-state index contributed by atoms with van der Waals surface area (Å²) in [5.74, 6) is -0.0571. The van der Waals surface area contributed by atoms with Gasteiger partial charge < -0.3 is 15.1 Å². The molecule has 0 bridgehead atoms. The molecule has 2 aromatic carbocycles. The second-order valence-corrected chi connectivity index (χ2v) is 8.87. The van der Waals surface area contributed by atoms with Crippen molar-refractivity contribution >= 4 is 29.0 Å². The number of carbonyl (C=O) groups excluding carboxylic acids is 2. The molecule has 0 aliphatic rings. The highest BCUT2D eigenvalue weighted by Crippen LogP contribution is 2.17. The third-order valence-electron chi connectivity index (χ3n) is 5.28. The third kappa shape index (κ3) is 6.95. The zero-order valence-corrected chi connectivity index (χ0v) is 19.6.